The zero-order valence-corrected chi connectivity index (χ0v) is 14.0. The molecule has 0 saturated heterocycles. The summed E-state index contributed by atoms with van der Waals surface area (Å²) < 4.78 is 10.7. The summed E-state index contributed by atoms with van der Waals surface area (Å²) in [6.07, 6.45) is 0. The first kappa shape index (κ1) is 17.3. The second-order valence-corrected chi connectivity index (χ2v) is 5.35. The van der Waals surface area contributed by atoms with Crippen molar-refractivity contribution in [3.63, 3.8) is 0 Å². The van der Waals surface area contributed by atoms with Crippen LogP contribution in [0.1, 0.15) is 28.4 Å². The molecule has 4 nitrogen and oxygen atoms in total. The van der Waals surface area contributed by atoms with Crippen molar-refractivity contribution < 1.29 is 14.3 Å². The minimum absolute atomic E-state index is 0.162. The van der Waals surface area contributed by atoms with Gasteiger partial charge in [-0.3, -0.25) is 4.79 Å². The van der Waals surface area contributed by atoms with Crippen molar-refractivity contribution in [1.29, 1.82) is 0 Å². The van der Waals surface area contributed by atoms with E-state index in [0.29, 0.717) is 36.1 Å². The Hall–Kier alpha value is -2.04. The topological polar surface area (TPSA) is 47.6 Å². The minimum Gasteiger partial charge on any atom is -0.496 e. The average Bonchev–Trinajstić information content (AvgIpc) is 2.58. The molecule has 5 heteroatoms. The van der Waals surface area contributed by atoms with Gasteiger partial charge in [0, 0.05) is 29.3 Å². The van der Waals surface area contributed by atoms with Crippen molar-refractivity contribution in [3.05, 3.63) is 64.2 Å². The second kappa shape index (κ2) is 8.56. The summed E-state index contributed by atoms with van der Waals surface area (Å²) in [6.45, 7) is 3.31. The first-order chi connectivity index (χ1) is 11.2. The van der Waals surface area contributed by atoms with Crippen LogP contribution in [0, 0.1) is 0 Å². The Bertz CT molecular complexity index is 673. The number of carbonyl (C=O) groups is 1. The van der Waals surface area contributed by atoms with E-state index in [2.05, 4.69) is 5.32 Å². The lowest BCUT2D eigenvalue weighted by Crippen LogP contribution is -2.23. The van der Waals surface area contributed by atoms with E-state index in [1.165, 1.54) is 0 Å². The quantitative estimate of drug-likeness (QED) is 0.838. The maximum Gasteiger partial charge on any atom is 0.251 e. The predicted octanol–water partition coefficient (Wildman–Crippen LogP) is 3.82. The molecule has 0 fully saturated rings. The molecule has 122 valence electrons. The van der Waals surface area contributed by atoms with Gasteiger partial charge >= 0.3 is 0 Å². The third-order valence-corrected chi connectivity index (χ3v) is 3.77. The summed E-state index contributed by atoms with van der Waals surface area (Å²) in [5, 5.41) is 3.51. The summed E-state index contributed by atoms with van der Waals surface area (Å²) in [4.78, 5) is 12.3. The normalized spacial score (nSPS) is 10.4. The Balaban J connectivity index is 2.08. The molecule has 0 atom stereocenters. The van der Waals surface area contributed by atoms with Gasteiger partial charge in [-0.25, -0.2) is 0 Å². The molecule has 0 spiro atoms. The van der Waals surface area contributed by atoms with Gasteiger partial charge in [-0.1, -0.05) is 29.8 Å². The standard InChI is InChI=1S/C18H20ClNO3/c1-3-23-12-15-10-13(8-9-17(15)22-2)18(21)20-11-14-6-4-5-7-16(14)19/h4-10H,3,11-12H2,1-2H3,(H,20,21). The molecule has 0 unspecified atom stereocenters. The van der Waals surface area contributed by atoms with Crippen LogP contribution in [0.15, 0.2) is 42.5 Å². The molecule has 0 bridgehead atoms. The molecule has 23 heavy (non-hydrogen) atoms. The van der Waals surface area contributed by atoms with E-state index in [1.807, 2.05) is 25.1 Å². The number of rotatable bonds is 7. The Morgan fingerprint density at radius 1 is 1.17 bits per heavy atom. The molecule has 0 radical (unpaired) electrons. The summed E-state index contributed by atoms with van der Waals surface area (Å²) in [7, 11) is 1.60. The van der Waals surface area contributed by atoms with Gasteiger partial charge in [0.25, 0.3) is 5.91 Å². The molecule has 1 N–H and O–H groups in total. The largest absolute Gasteiger partial charge is 0.496 e. The van der Waals surface area contributed by atoms with Gasteiger partial charge in [-0.15, -0.1) is 0 Å². The highest BCUT2D eigenvalue weighted by molar-refractivity contribution is 6.31. The van der Waals surface area contributed by atoms with E-state index in [-0.39, 0.29) is 5.91 Å². The van der Waals surface area contributed by atoms with E-state index < -0.39 is 0 Å². The van der Waals surface area contributed by atoms with Crippen LogP contribution in [0.2, 0.25) is 5.02 Å². The molecule has 2 aromatic rings. The van der Waals surface area contributed by atoms with Crippen LogP contribution in [0.5, 0.6) is 5.75 Å². The van der Waals surface area contributed by atoms with Crippen LogP contribution in [0.4, 0.5) is 0 Å². The SMILES string of the molecule is CCOCc1cc(C(=O)NCc2ccccc2Cl)ccc1OC. The fourth-order valence-corrected chi connectivity index (χ4v) is 2.37. The molecule has 0 aliphatic carbocycles. The lowest BCUT2D eigenvalue weighted by molar-refractivity contribution is 0.0950. The smallest absolute Gasteiger partial charge is 0.251 e. The van der Waals surface area contributed by atoms with Gasteiger partial charge in [0.1, 0.15) is 5.75 Å². The number of hydrogen-bond acceptors (Lipinski definition) is 3. The van der Waals surface area contributed by atoms with E-state index >= 15 is 0 Å². The maximum absolute atomic E-state index is 12.3. The number of methoxy groups -OCH3 is 1. The molecular weight excluding hydrogens is 314 g/mol. The number of ether oxygens (including phenoxy) is 2. The Morgan fingerprint density at radius 3 is 2.65 bits per heavy atom. The van der Waals surface area contributed by atoms with Crippen molar-refractivity contribution in [1.82, 2.24) is 5.32 Å². The first-order valence-electron chi connectivity index (χ1n) is 7.42. The summed E-state index contributed by atoms with van der Waals surface area (Å²) in [6, 6.07) is 12.7. The molecular formula is C18H20ClNO3. The average molecular weight is 334 g/mol. The number of carbonyl (C=O) groups excluding carboxylic acids is 1. The van der Waals surface area contributed by atoms with Crippen LogP contribution in [-0.4, -0.2) is 19.6 Å². The molecule has 2 aromatic carbocycles. The van der Waals surface area contributed by atoms with Gasteiger partial charge in [-0.2, -0.15) is 0 Å². The molecule has 0 aromatic heterocycles. The highest BCUT2D eigenvalue weighted by Gasteiger charge is 2.11. The van der Waals surface area contributed by atoms with E-state index in [0.717, 1.165) is 11.1 Å². The summed E-state index contributed by atoms with van der Waals surface area (Å²) >= 11 is 6.09. The molecule has 2 rings (SSSR count). The predicted molar refractivity (Wildman–Crippen MR) is 90.9 cm³/mol. The van der Waals surface area contributed by atoms with Gasteiger partial charge in [0.2, 0.25) is 0 Å². The monoisotopic (exact) mass is 333 g/mol. The number of nitrogens with one attached hydrogen (secondary N) is 1. The number of benzene rings is 2. The summed E-state index contributed by atoms with van der Waals surface area (Å²) in [5.41, 5.74) is 2.29. The fraction of sp³-hybridized carbons (Fsp3) is 0.278. The first-order valence-corrected chi connectivity index (χ1v) is 7.79. The zero-order valence-electron chi connectivity index (χ0n) is 13.3. The fourth-order valence-electron chi connectivity index (χ4n) is 2.16. The number of halogens is 1. The maximum atomic E-state index is 12.3. The van der Waals surface area contributed by atoms with Crippen LogP contribution >= 0.6 is 11.6 Å². The highest BCUT2D eigenvalue weighted by atomic mass is 35.5. The lowest BCUT2D eigenvalue weighted by atomic mass is 10.1. The van der Waals surface area contributed by atoms with Gasteiger partial charge in [0.15, 0.2) is 0 Å². The third kappa shape index (κ3) is 4.71. The van der Waals surface area contributed by atoms with E-state index in [1.54, 1.807) is 31.4 Å². The molecule has 0 heterocycles. The van der Waals surface area contributed by atoms with Crippen LogP contribution < -0.4 is 10.1 Å². The van der Waals surface area contributed by atoms with Gasteiger partial charge in [-0.05, 0) is 36.8 Å². The van der Waals surface area contributed by atoms with Gasteiger partial charge < -0.3 is 14.8 Å². The molecule has 0 saturated carbocycles. The second-order valence-electron chi connectivity index (χ2n) is 4.94. The van der Waals surface area contributed by atoms with Crippen molar-refractivity contribution >= 4 is 17.5 Å². The molecule has 0 aliphatic rings. The van der Waals surface area contributed by atoms with Crippen LogP contribution in [0.3, 0.4) is 0 Å². The Labute approximate surface area is 141 Å². The van der Waals surface area contributed by atoms with Crippen molar-refractivity contribution in [2.24, 2.45) is 0 Å². The van der Waals surface area contributed by atoms with Crippen molar-refractivity contribution in [2.75, 3.05) is 13.7 Å². The molecule has 0 aliphatic heterocycles. The minimum atomic E-state index is -0.162. The lowest BCUT2D eigenvalue weighted by Gasteiger charge is -2.11. The summed E-state index contributed by atoms with van der Waals surface area (Å²) in [5.74, 6) is 0.548. The van der Waals surface area contributed by atoms with Crippen LogP contribution in [-0.2, 0) is 17.9 Å². The Kier molecular flexibility index (Phi) is 6.44. The van der Waals surface area contributed by atoms with Crippen molar-refractivity contribution in [2.45, 2.75) is 20.1 Å². The number of amides is 1. The van der Waals surface area contributed by atoms with E-state index in [9.17, 15) is 4.79 Å². The van der Waals surface area contributed by atoms with Crippen LogP contribution in [0.25, 0.3) is 0 Å². The zero-order chi connectivity index (χ0) is 16.7. The molecule has 1 amide bonds. The number of hydrogen-bond donors (Lipinski definition) is 1. The van der Waals surface area contributed by atoms with Gasteiger partial charge in [0.05, 0.1) is 13.7 Å². The van der Waals surface area contributed by atoms with Crippen molar-refractivity contribution in [3.8, 4) is 5.75 Å². The third-order valence-electron chi connectivity index (χ3n) is 3.40. The Morgan fingerprint density at radius 2 is 1.96 bits per heavy atom. The van der Waals surface area contributed by atoms with E-state index in [4.69, 9.17) is 21.1 Å². The highest BCUT2D eigenvalue weighted by Crippen LogP contribution is 2.21.